The van der Waals surface area contributed by atoms with Crippen LogP contribution in [0.5, 0.6) is 0 Å². The number of aromatic amines is 1. The number of rotatable bonds is 15. The normalized spacial score (nSPS) is 14.4. The summed E-state index contributed by atoms with van der Waals surface area (Å²) < 4.78 is 0. The number of H-pyrrole nitrogens is 1. The fraction of sp³-hybridized carbons (Fsp3) is 0.579. The first kappa shape index (κ1) is 27.5. The number of aliphatic carboxylic acids is 2. The standard InChI is InChI=1S/C19H31N7O7/c1-10(21)16(29)25-14(7-15(27)28)18(31)26-13(6-11-8-22-9-23-11)17(30)24-12(19(32)33)4-2-3-5-20/h8-10,12-14H,2-7,20-21H2,1H3,(H,22,23)(H,24,30)(H,25,29)(H,26,31)(H,27,28)(H,32,33). The van der Waals surface area contributed by atoms with Crippen LogP contribution in [-0.4, -0.2) is 80.6 Å². The zero-order valence-corrected chi connectivity index (χ0v) is 18.2. The van der Waals surface area contributed by atoms with E-state index in [0.29, 0.717) is 25.1 Å². The Kier molecular flexibility index (Phi) is 11.5. The highest BCUT2D eigenvalue weighted by Crippen LogP contribution is 2.05. The molecule has 0 aliphatic carbocycles. The molecule has 4 unspecified atom stereocenters. The van der Waals surface area contributed by atoms with Gasteiger partial charge in [0, 0.05) is 18.3 Å². The average molecular weight is 469 g/mol. The minimum atomic E-state index is -1.50. The highest BCUT2D eigenvalue weighted by Gasteiger charge is 2.31. The maximum Gasteiger partial charge on any atom is 0.326 e. The number of carboxylic acid groups (broad SMARTS) is 2. The first-order valence-electron chi connectivity index (χ1n) is 10.3. The molecule has 0 spiro atoms. The smallest absolute Gasteiger partial charge is 0.326 e. The third kappa shape index (κ3) is 10.1. The molecule has 184 valence electrons. The second-order valence-electron chi connectivity index (χ2n) is 7.47. The molecular formula is C19H31N7O7. The van der Waals surface area contributed by atoms with Crippen molar-refractivity contribution in [1.29, 1.82) is 0 Å². The first-order chi connectivity index (χ1) is 15.5. The number of carbonyl (C=O) groups excluding carboxylic acids is 3. The molecule has 0 bridgehead atoms. The third-order valence-electron chi connectivity index (χ3n) is 4.60. The quantitative estimate of drug-likeness (QED) is 0.125. The molecule has 3 amide bonds. The van der Waals surface area contributed by atoms with Gasteiger partial charge >= 0.3 is 11.9 Å². The zero-order chi connectivity index (χ0) is 25.0. The summed E-state index contributed by atoms with van der Waals surface area (Å²) in [6.45, 7) is 1.73. The van der Waals surface area contributed by atoms with Crippen LogP contribution < -0.4 is 27.4 Å². The summed E-state index contributed by atoms with van der Waals surface area (Å²) in [4.78, 5) is 66.8. The number of amides is 3. The Bertz CT molecular complexity index is 813. The van der Waals surface area contributed by atoms with Crippen molar-refractivity contribution >= 4 is 29.7 Å². The number of imidazole rings is 1. The molecule has 0 saturated heterocycles. The van der Waals surface area contributed by atoms with E-state index in [0.717, 1.165) is 0 Å². The van der Waals surface area contributed by atoms with Crippen LogP contribution in [0.1, 0.15) is 38.3 Å². The van der Waals surface area contributed by atoms with Crippen molar-refractivity contribution in [3.05, 3.63) is 18.2 Å². The third-order valence-corrected chi connectivity index (χ3v) is 4.60. The van der Waals surface area contributed by atoms with E-state index in [-0.39, 0.29) is 12.8 Å². The Morgan fingerprint density at radius 3 is 2.12 bits per heavy atom. The molecular weight excluding hydrogens is 438 g/mol. The second-order valence-corrected chi connectivity index (χ2v) is 7.47. The van der Waals surface area contributed by atoms with Crippen molar-refractivity contribution < 1.29 is 34.2 Å². The van der Waals surface area contributed by atoms with E-state index in [2.05, 4.69) is 25.9 Å². The summed E-state index contributed by atoms with van der Waals surface area (Å²) in [5.41, 5.74) is 11.3. The molecule has 0 aromatic carbocycles. The molecule has 1 aromatic rings. The Hall–Kier alpha value is -3.52. The van der Waals surface area contributed by atoms with Crippen molar-refractivity contribution in [2.24, 2.45) is 11.5 Å². The number of hydrogen-bond acceptors (Lipinski definition) is 8. The van der Waals surface area contributed by atoms with Crippen LogP contribution in [0.25, 0.3) is 0 Å². The molecule has 1 rings (SSSR count). The monoisotopic (exact) mass is 469 g/mol. The molecule has 0 fully saturated rings. The first-order valence-corrected chi connectivity index (χ1v) is 10.3. The Morgan fingerprint density at radius 2 is 1.61 bits per heavy atom. The van der Waals surface area contributed by atoms with E-state index >= 15 is 0 Å². The molecule has 4 atom stereocenters. The van der Waals surface area contributed by atoms with Gasteiger partial charge < -0.3 is 42.6 Å². The van der Waals surface area contributed by atoms with Crippen LogP contribution in [0.2, 0.25) is 0 Å². The van der Waals surface area contributed by atoms with E-state index in [1.54, 1.807) is 0 Å². The Labute approximate surface area is 189 Å². The van der Waals surface area contributed by atoms with Crippen molar-refractivity contribution in [3.63, 3.8) is 0 Å². The van der Waals surface area contributed by atoms with Gasteiger partial charge in [0.1, 0.15) is 18.1 Å². The lowest BCUT2D eigenvalue weighted by molar-refractivity contribution is -0.143. The van der Waals surface area contributed by atoms with Crippen LogP contribution in [0.3, 0.4) is 0 Å². The van der Waals surface area contributed by atoms with E-state index in [1.165, 1.54) is 19.4 Å². The number of carboxylic acids is 2. The van der Waals surface area contributed by atoms with E-state index < -0.39 is 60.2 Å². The summed E-state index contributed by atoms with van der Waals surface area (Å²) in [5.74, 6) is -5.11. The zero-order valence-electron chi connectivity index (χ0n) is 18.2. The molecule has 14 heteroatoms. The molecule has 0 saturated carbocycles. The number of nitrogens with two attached hydrogens (primary N) is 2. The van der Waals surface area contributed by atoms with Gasteiger partial charge in [0.25, 0.3) is 0 Å². The Morgan fingerprint density at radius 1 is 1.00 bits per heavy atom. The number of hydrogen-bond donors (Lipinski definition) is 8. The summed E-state index contributed by atoms with van der Waals surface area (Å²) in [5, 5.41) is 25.5. The average Bonchev–Trinajstić information content (AvgIpc) is 3.24. The Balaban J connectivity index is 3.02. The van der Waals surface area contributed by atoms with Gasteiger partial charge in [-0.3, -0.25) is 19.2 Å². The lowest BCUT2D eigenvalue weighted by Gasteiger charge is -2.24. The second kappa shape index (κ2) is 13.8. The highest BCUT2D eigenvalue weighted by molar-refractivity contribution is 5.95. The highest BCUT2D eigenvalue weighted by atomic mass is 16.4. The van der Waals surface area contributed by atoms with Crippen molar-refractivity contribution in [3.8, 4) is 0 Å². The van der Waals surface area contributed by atoms with E-state index in [9.17, 15) is 29.1 Å². The summed E-state index contributed by atoms with van der Waals surface area (Å²) >= 11 is 0. The van der Waals surface area contributed by atoms with E-state index in [1.807, 2.05) is 0 Å². The molecule has 10 N–H and O–H groups in total. The lowest BCUT2D eigenvalue weighted by Crippen LogP contribution is -2.57. The maximum absolute atomic E-state index is 12.9. The van der Waals surface area contributed by atoms with Gasteiger partial charge in [-0.05, 0) is 32.7 Å². The largest absolute Gasteiger partial charge is 0.481 e. The predicted molar refractivity (Wildman–Crippen MR) is 115 cm³/mol. The molecule has 0 aliphatic heterocycles. The van der Waals surface area contributed by atoms with Gasteiger partial charge in [-0.2, -0.15) is 0 Å². The summed E-state index contributed by atoms with van der Waals surface area (Å²) in [7, 11) is 0. The lowest BCUT2D eigenvalue weighted by atomic mass is 10.1. The van der Waals surface area contributed by atoms with Crippen LogP contribution in [-0.2, 0) is 30.4 Å². The molecule has 0 aliphatic rings. The topological polar surface area (TPSA) is 243 Å². The fourth-order valence-electron chi connectivity index (χ4n) is 2.81. The van der Waals surface area contributed by atoms with Gasteiger partial charge in [-0.25, -0.2) is 9.78 Å². The maximum atomic E-state index is 12.9. The van der Waals surface area contributed by atoms with Gasteiger partial charge in [0.15, 0.2) is 0 Å². The van der Waals surface area contributed by atoms with Gasteiger partial charge in [-0.1, -0.05) is 0 Å². The molecule has 0 radical (unpaired) electrons. The number of carbonyl (C=O) groups is 5. The fourth-order valence-corrected chi connectivity index (χ4v) is 2.81. The van der Waals surface area contributed by atoms with Crippen molar-refractivity contribution in [2.45, 2.75) is 63.2 Å². The van der Waals surface area contributed by atoms with Crippen molar-refractivity contribution in [2.75, 3.05) is 6.54 Å². The number of aromatic nitrogens is 2. The van der Waals surface area contributed by atoms with E-state index in [4.69, 9.17) is 16.6 Å². The molecule has 1 heterocycles. The molecule has 1 aromatic heterocycles. The van der Waals surface area contributed by atoms with Gasteiger partial charge in [0.2, 0.25) is 17.7 Å². The van der Waals surface area contributed by atoms with Crippen molar-refractivity contribution in [1.82, 2.24) is 25.9 Å². The number of nitrogens with zero attached hydrogens (tertiary/aromatic N) is 1. The number of nitrogens with one attached hydrogen (secondary N) is 4. The molecule has 33 heavy (non-hydrogen) atoms. The minimum absolute atomic E-state index is 0.0895. The summed E-state index contributed by atoms with van der Waals surface area (Å²) in [6.07, 6.45) is 3.10. The van der Waals surface area contributed by atoms with Crippen LogP contribution in [0.4, 0.5) is 0 Å². The minimum Gasteiger partial charge on any atom is -0.481 e. The SMILES string of the molecule is CC(N)C(=O)NC(CC(=O)O)C(=O)NC(Cc1cnc[nH]1)C(=O)NC(CCCCN)C(=O)O. The predicted octanol–water partition coefficient (Wildman–Crippen LogP) is -2.56. The summed E-state index contributed by atoms with van der Waals surface area (Å²) in [6, 6.07) is -4.99. The number of unbranched alkanes of at least 4 members (excludes halogenated alkanes) is 1. The van der Waals surface area contributed by atoms with Crippen LogP contribution in [0.15, 0.2) is 12.5 Å². The van der Waals surface area contributed by atoms with Crippen LogP contribution in [0, 0.1) is 0 Å². The van der Waals surface area contributed by atoms with Gasteiger partial charge in [-0.15, -0.1) is 0 Å². The van der Waals surface area contributed by atoms with Crippen LogP contribution >= 0.6 is 0 Å². The van der Waals surface area contributed by atoms with Gasteiger partial charge in [0.05, 0.1) is 18.8 Å². The molecule has 14 nitrogen and oxygen atoms in total.